The number of rotatable bonds is 4. The van der Waals surface area contributed by atoms with Crippen molar-refractivity contribution in [2.75, 3.05) is 26.9 Å². The largest absolute Gasteiger partial charge is 0.493 e. The summed E-state index contributed by atoms with van der Waals surface area (Å²) in [4.78, 5) is 6.84. The molecule has 4 rings (SSSR count). The van der Waals surface area contributed by atoms with E-state index < -0.39 is 0 Å². The lowest BCUT2D eigenvalue weighted by Crippen LogP contribution is -2.28. The van der Waals surface area contributed by atoms with Crippen molar-refractivity contribution in [3.63, 3.8) is 0 Å². The van der Waals surface area contributed by atoms with Gasteiger partial charge < -0.3 is 18.7 Å². The van der Waals surface area contributed by atoms with Gasteiger partial charge in [0.05, 0.1) is 20.3 Å². The van der Waals surface area contributed by atoms with Gasteiger partial charge in [-0.3, -0.25) is 4.90 Å². The number of hydrogen-bond acceptors (Lipinski definition) is 7. The molecule has 134 valence electrons. The number of aromatic nitrogens is 2. The molecule has 2 aliphatic heterocycles. The highest BCUT2D eigenvalue weighted by Crippen LogP contribution is 2.33. The minimum atomic E-state index is -0.0352. The summed E-state index contributed by atoms with van der Waals surface area (Å²) in [5.74, 6) is 2.92. The third-order valence-electron chi connectivity index (χ3n) is 4.59. The van der Waals surface area contributed by atoms with Gasteiger partial charge in [0.25, 0.3) is 5.89 Å². The van der Waals surface area contributed by atoms with Crippen LogP contribution in [-0.2, 0) is 17.8 Å². The Balaban J connectivity index is 1.48. The average molecular weight is 345 g/mol. The van der Waals surface area contributed by atoms with Crippen LogP contribution in [0.1, 0.15) is 42.6 Å². The molecule has 1 fully saturated rings. The third-order valence-corrected chi connectivity index (χ3v) is 4.59. The quantitative estimate of drug-likeness (QED) is 0.844. The summed E-state index contributed by atoms with van der Waals surface area (Å²) in [5, 5.41) is 4.13. The smallest absolute Gasteiger partial charge is 0.255 e. The lowest BCUT2D eigenvalue weighted by atomic mass is 10.1. The molecule has 0 amide bonds. The molecule has 2 aliphatic rings. The van der Waals surface area contributed by atoms with Gasteiger partial charge in [-0.25, -0.2) is 0 Å². The van der Waals surface area contributed by atoms with Crippen molar-refractivity contribution in [1.82, 2.24) is 15.0 Å². The van der Waals surface area contributed by atoms with Crippen LogP contribution in [0.25, 0.3) is 0 Å². The molecule has 7 heteroatoms. The fourth-order valence-electron chi connectivity index (χ4n) is 3.36. The molecular weight excluding hydrogens is 322 g/mol. The Morgan fingerprint density at radius 2 is 2.24 bits per heavy atom. The first kappa shape index (κ1) is 16.4. The number of para-hydroxylation sites is 1. The topological polar surface area (TPSA) is 69.9 Å². The summed E-state index contributed by atoms with van der Waals surface area (Å²) >= 11 is 0. The SMILES string of the molecule is COc1cccc2c1OCCCN(Cc1noc(C3CCCO3)n1)C2. The summed E-state index contributed by atoms with van der Waals surface area (Å²) < 4.78 is 22.3. The van der Waals surface area contributed by atoms with Crippen molar-refractivity contribution >= 4 is 0 Å². The van der Waals surface area contributed by atoms with Crippen molar-refractivity contribution in [2.24, 2.45) is 0 Å². The lowest BCUT2D eigenvalue weighted by molar-refractivity contribution is 0.0835. The zero-order valence-corrected chi connectivity index (χ0v) is 14.4. The minimum absolute atomic E-state index is 0.0352. The number of hydrogen-bond donors (Lipinski definition) is 0. The Labute approximate surface area is 146 Å². The van der Waals surface area contributed by atoms with Crippen LogP contribution >= 0.6 is 0 Å². The second-order valence-electron chi connectivity index (χ2n) is 6.41. The van der Waals surface area contributed by atoms with Crippen molar-refractivity contribution in [3.05, 3.63) is 35.5 Å². The zero-order valence-electron chi connectivity index (χ0n) is 14.4. The standard InChI is InChI=1S/C18H23N3O4/c1-22-14-6-2-5-13-11-21(8-4-10-24-17(13)14)12-16-19-18(25-20-16)15-7-3-9-23-15/h2,5-6,15H,3-4,7-12H2,1H3. The Kier molecular flexibility index (Phi) is 4.85. The van der Waals surface area contributed by atoms with Gasteiger partial charge in [-0.2, -0.15) is 4.98 Å². The summed E-state index contributed by atoms with van der Waals surface area (Å²) in [5.41, 5.74) is 1.11. The molecular formula is C18H23N3O4. The van der Waals surface area contributed by atoms with Gasteiger partial charge in [0.1, 0.15) is 6.10 Å². The maximum atomic E-state index is 5.90. The number of ether oxygens (including phenoxy) is 3. The number of benzene rings is 1. The van der Waals surface area contributed by atoms with Crippen LogP contribution < -0.4 is 9.47 Å². The van der Waals surface area contributed by atoms with Gasteiger partial charge in [0, 0.05) is 25.3 Å². The van der Waals surface area contributed by atoms with Crippen LogP contribution in [0.3, 0.4) is 0 Å². The van der Waals surface area contributed by atoms with Crippen LogP contribution in [0.4, 0.5) is 0 Å². The van der Waals surface area contributed by atoms with Gasteiger partial charge in [0.2, 0.25) is 0 Å². The Morgan fingerprint density at radius 1 is 1.28 bits per heavy atom. The second kappa shape index (κ2) is 7.41. The monoisotopic (exact) mass is 345 g/mol. The highest BCUT2D eigenvalue weighted by atomic mass is 16.5. The average Bonchev–Trinajstić information content (AvgIpc) is 3.28. The van der Waals surface area contributed by atoms with Crippen molar-refractivity contribution in [1.29, 1.82) is 0 Å². The van der Waals surface area contributed by atoms with Crippen LogP contribution in [-0.4, -0.2) is 41.9 Å². The zero-order chi connectivity index (χ0) is 17.1. The van der Waals surface area contributed by atoms with Crippen LogP contribution in [0, 0.1) is 0 Å². The Morgan fingerprint density at radius 3 is 3.08 bits per heavy atom. The van der Waals surface area contributed by atoms with E-state index in [1.807, 2.05) is 12.1 Å². The first-order valence-corrected chi connectivity index (χ1v) is 8.78. The van der Waals surface area contributed by atoms with Gasteiger partial charge in [-0.05, 0) is 25.3 Å². The summed E-state index contributed by atoms with van der Waals surface area (Å²) in [6.45, 7) is 3.76. The molecule has 0 spiro atoms. The lowest BCUT2D eigenvalue weighted by Gasteiger charge is -2.26. The van der Waals surface area contributed by atoms with Gasteiger partial charge >= 0.3 is 0 Å². The van der Waals surface area contributed by atoms with E-state index >= 15 is 0 Å². The van der Waals surface area contributed by atoms with E-state index in [4.69, 9.17) is 18.7 Å². The molecule has 25 heavy (non-hydrogen) atoms. The van der Waals surface area contributed by atoms with Crippen LogP contribution in [0.5, 0.6) is 11.5 Å². The van der Waals surface area contributed by atoms with Crippen LogP contribution in [0.15, 0.2) is 22.7 Å². The van der Waals surface area contributed by atoms with Gasteiger partial charge in [-0.1, -0.05) is 17.3 Å². The summed E-state index contributed by atoms with van der Waals surface area (Å²) in [7, 11) is 1.67. The highest BCUT2D eigenvalue weighted by molar-refractivity contribution is 5.46. The van der Waals surface area contributed by atoms with E-state index in [0.29, 0.717) is 24.9 Å². The summed E-state index contributed by atoms with van der Waals surface area (Å²) in [6, 6.07) is 5.99. The van der Waals surface area contributed by atoms with E-state index in [0.717, 1.165) is 56.0 Å². The number of methoxy groups -OCH3 is 1. The Bertz CT molecular complexity index is 712. The molecule has 1 atom stereocenters. The molecule has 1 aromatic heterocycles. The molecule has 0 radical (unpaired) electrons. The number of nitrogens with zero attached hydrogens (tertiary/aromatic N) is 3. The third kappa shape index (κ3) is 3.62. The molecule has 1 aromatic carbocycles. The normalized spacial score (nSPS) is 21.2. The predicted octanol–water partition coefficient (Wildman–Crippen LogP) is 2.71. The highest BCUT2D eigenvalue weighted by Gasteiger charge is 2.25. The van der Waals surface area contributed by atoms with E-state index in [-0.39, 0.29) is 6.10 Å². The molecule has 7 nitrogen and oxygen atoms in total. The Hall–Kier alpha value is -2.12. The number of fused-ring (bicyclic) bond motifs is 1. The molecule has 2 aromatic rings. The second-order valence-corrected chi connectivity index (χ2v) is 6.41. The van der Waals surface area contributed by atoms with Crippen molar-refractivity contribution in [2.45, 2.75) is 38.5 Å². The molecule has 0 saturated carbocycles. The fourth-order valence-corrected chi connectivity index (χ4v) is 3.36. The first-order valence-electron chi connectivity index (χ1n) is 8.78. The van der Waals surface area contributed by atoms with E-state index in [1.165, 1.54) is 0 Å². The maximum Gasteiger partial charge on any atom is 0.255 e. The first-order chi connectivity index (χ1) is 12.3. The van der Waals surface area contributed by atoms with Crippen molar-refractivity contribution < 1.29 is 18.7 Å². The molecule has 3 heterocycles. The van der Waals surface area contributed by atoms with Gasteiger partial charge in [-0.15, -0.1) is 0 Å². The summed E-state index contributed by atoms with van der Waals surface area (Å²) in [6.07, 6.45) is 2.91. The molecule has 0 bridgehead atoms. The fraction of sp³-hybridized carbons (Fsp3) is 0.556. The van der Waals surface area contributed by atoms with E-state index in [2.05, 4.69) is 21.1 Å². The van der Waals surface area contributed by atoms with Crippen LogP contribution in [0.2, 0.25) is 0 Å². The minimum Gasteiger partial charge on any atom is -0.493 e. The molecule has 1 unspecified atom stereocenters. The van der Waals surface area contributed by atoms with Crippen molar-refractivity contribution in [3.8, 4) is 11.5 Å². The van der Waals surface area contributed by atoms with E-state index in [1.54, 1.807) is 7.11 Å². The molecule has 0 N–H and O–H groups in total. The molecule has 1 saturated heterocycles. The predicted molar refractivity (Wildman–Crippen MR) is 89.4 cm³/mol. The van der Waals surface area contributed by atoms with E-state index in [9.17, 15) is 0 Å². The molecule has 0 aliphatic carbocycles. The maximum absolute atomic E-state index is 5.90. The van der Waals surface area contributed by atoms with Gasteiger partial charge in [0.15, 0.2) is 17.3 Å².